The number of hydrogen-bond acceptors (Lipinski definition) is 2. The van der Waals surface area contributed by atoms with Gasteiger partial charge in [-0.05, 0) is 24.7 Å². The third-order valence-electron chi connectivity index (χ3n) is 3.40. The molecule has 0 spiro atoms. The van der Waals surface area contributed by atoms with Gasteiger partial charge in [-0.25, -0.2) is 4.79 Å². The Labute approximate surface area is 90.3 Å². The van der Waals surface area contributed by atoms with E-state index in [2.05, 4.69) is 0 Å². The summed E-state index contributed by atoms with van der Waals surface area (Å²) in [4.78, 5) is 23.8. The van der Waals surface area contributed by atoms with Crippen molar-refractivity contribution in [2.45, 2.75) is 45.6 Å². The number of carboxylic acid groups (broad SMARTS) is 1. The fourth-order valence-electron chi connectivity index (χ4n) is 2.34. The molecule has 0 aromatic rings. The molecule has 1 N–H and O–H groups in total. The van der Waals surface area contributed by atoms with Crippen LogP contribution in [0.4, 0.5) is 4.79 Å². The SMILES string of the molecule is CC(C)(C)C1(C=O)CCCCN1C(=O)O. The summed E-state index contributed by atoms with van der Waals surface area (Å²) in [6.07, 6.45) is 2.22. The summed E-state index contributed by atoms with van der Waals surface area (Å²) in [5, 5.41) is 9.14. The normalized spacial score (nSPS) is 27.5. The van der Waals surface area contributed by atoms with Gasteiger partial charge in [0.15, 0.2) is 0 Å². The minimum absolute atomic E-state index is 0.354. The molecule has 1 aliphatic rings. The van der Waals surface area contributed by atoms with Crippen molar-refractivity contribution in [3.8, 4) is 0 Å². The molecule has 4 nitrogen and oxygen atoms in total. The second-order valence-corrected chi connectivity index (χ2v) is 5.18. The molecule has 1 amide bonds. The Balaban J connectivity index is 3.12. The largest absolute Gasteiger partial charge is 0.465 e. The summed E-state index contributed by atoms with van der Waals surface area (Å²) < 4.78 is 0. The van der Waals surface area contributed by atoms with E-state index in [4.69, 9.17) is 5.11 Å². The van der Waals surface area contributed by atoms with Crippen LogP contribution in [0, 0.1) is 5.41 Å². The number of piperidine rings is 1. The lowest BCUT2D eigenvalue weighted by Crippen LogP contribution is -2.62. The van der Waals surface area contributed by atoms with E-state index in [0.717, 1.165) is 19.1 Å². The maximum absolute atomic E-state index is 11.3. The average Bonchev–Trinajstić information content (AvgIpc) is 2.15. The van der Waals surface area contributed by atoms with Gasteiger partial charge in [0.2, 0.25) is 0 Å². The number of hydrogen-bond donors (Lipinski definition) is 1. The fraction of sp³-hybridized carbons (Fsp3) is 0.818. The van der Waals surface area contributed by atoms with E-state index in [-0.39, 0.29) is 5.41 Å². The molecule has 0 bridgehead atoms. The minimum Gasteiger partial charge on any atom is -0.465 e. The Hall–Kier alpha value is -1.06. The van der Waals surface area contributed by atoms with Crippen LogP contribution in [-0.4, -0.2) is 34.5 Å². The highest BCUT2D eigenvalue weighted by Crippen LogP contribution is 2.41. The van der Waals surface area contributed by atoms with Crippen LogP contribution < -0.4 is 0 Å². The van der Waals surface area contributed by atoms with Crippen molar-refractivity contribution in [3.05, 3.63) is 0 Å². The Morgan fingerprint density at radius 2 is 2.00 bits per heavy atom. The first kappa shape index (κ1) is 12.0. The predicted octanol–water partition coefficient (Wildman–Crippen LogP) is 2.13. The highest BCUT2D eigenvalue weighted by molar-refractivity contribution is 5.76. The Morgan fingerprint density at radius 3 is 2.33 bits per heavy atom. The maximum atomic E-state index is 11.3. The summed E-state index contributed by atoms with van der Waals surface area (Å²) in [6.45, 7) is 6.22. The number of nitrogens with zero attached hydrogens (tertiary/aromatic N) is 1. The van der Waals surface area contributed by atoms with Gasteiger partial charge >= 0.3 is 6.09 Å². The number of carbonyl (C=O) groups is 2. The van der Waals surface area contributed by atoms with E-state index >= 15 is 0 Å². The van der Waals surface area contributed by atoms with Crippen LogP contribution in [0.3, 0.4) is 0 Å². The first-order chi connectivity index (χ1) is 6.85. The maximum Gasteiger partial charge on any atom is 0.408 e. The molecule has 0 aliphatic carbocycles. The molecular weight excluding hydrogens is 194 g/mol. The molecule has 4 heteroatoms. The zero-order valence-corrected chi connectivity index (χ0v) is 9.62. The average molecular weight is 213 g/mol. The van der Waals surface area contributed by atoms with Crippen LogP contribution in [-0.2, 0) is 4.79 Å². The molecule has 0 aromatic heterocycles. The van der Waals surface area contributed by atoms with Crippen molar-refractivity contribution in [3.63, 3.8) is 0 Å². The van der Waals surface area contributed by atoms with Gasteiger partial charge in [0.25, 0.3) is 0 Å². The zero-order chi connectivity index (χ0) is 11.7. The number of aldehydes is 1. The summed E-state index contributed by atoms with van der Waals surface area (Å²) in [6, 6.07) is 0. The molecule has 0 saturated carbocycles. The van der Waals surface area contributed by atoms with Crippen LogP contribution in [0.5, 0.6) is 0 Å². The Morgan fingerprint density at radius 1 is 1.40 bits per heavy atom. The minimum atomic E-state index is -0.989. The first-order valence-electron chi connectivity index (χ1n) is 5.32. The van der Waals surface area contributed by atoms with Gasteiger partial charge in [-0.15, -0.1) is 0 Å². The lowest BCUT2D eigenvalue weighted by Gasteiger charge is -2.49. The molecule has 0 radical (unpaired) electrons. The molecule has 1 aliphatic heterocycles. The molecular formula is C11H19NO3. The van der Waals surface area contributed by atoms with E-state index in [0.29, 0.717) is 13.0 Å². The highest BCUT2D eigenvalue weighted by Gasteiger charge is 2.50. The van der Waals surface area contributed by atoms with Gasteiger partial charge in [0.1, 0.15) is 11.8 Å². The van der Waals surface area contributed by atoms with Crippen LogP contribution in [0.1, 0.15) is 40.0 Å². The van der Waals surface area contributed by atoms with Crippen LogP contribution in [0.2, 0.25) is 0 Å². The smallest absolute Gasteiger partial charge is 0.408 e. The molecule has 1 atom stereocenters. The lowest BCUT2D eigenvalue weighted by atomic mass is 9.69. The number of rotatable bonds is 1. The van der Waals surface area contributed by atoms with Gasteiger partial charge in [-0.1, -0.05) is 20.8 Å². The van der Waals surface area contributed by atoms with Crippen molar-refractivity contribution >= 4 is 12.4 Å². The van der Waals surface area contributed by atoms with E-state index in [1.165, 1.54) is 4.90 Å². The van der Waals surface area contributed by atoms with Crippen molar-refractivity contribution in [2.75, 3.05) is 6.54 Å². The molecule has 1 rings (SSSR count). The number of amides is 1. The van der Waals surface area contributed by atoms with Gasteiger partial charge in [-0.2, -0.15) is 0 Å². The van der Waals surface area contributed by atoms with Crippen molar-refractivity contribution < 1.29 is 14.7 Å². The van der Waals surface area contributed by atoms with Crippen molar-refractivity contribution in [1.29, 1.82) is 0 Å². The highest BCUT2D eigenvalue weighted by atomic mass is 16.4. The van der Waals surface area contributed by atoms with Crippen molar-refractivity contribution in [2.24, 2.45) is 5.41 Å². The van der Waals surface area contributed by atoms with Gasteiger partial charge in [0.05, 0.1) is 0 Å². The Bertz CT molecular complexity index is 269. The van der Waals surface area contributed by atoms with Gasteiger partial charge < -0.3 is 9.90 Å². The first-order valence-corrected chi connectivity index (χ1v) is 5.32. The molecule has 1 fully saturated rings. The zero-order valence-electron chi connectivity index (χ0n) is 9.62. The van der Waals surface area contributed by atoms with Crippen LogP contribution >= 0.6 is 0 Å². The van der Waals surface area contributed by atoms with Gasteiger partial charge in [0, 0.05) is 6.54 Å². The number of likely N-dealkylation sites (tertiary alicyclic amines) is 1. The second kappa shape index (κ2) is 3.83. The fourth-order valence-corrected chi connectivity index (χ4v) is 2.34. The lowest BCUT2D eigenvalue weighted by molar-refractivity contribution is -0.127. The molecule has 15 heavy (non-hydrogen) atoms. The summed E-state index contributed by atoms with van der Waals surface area (Å²) >= 11 is 0. The Kier molecular flexibility index (Phi) is 3.07. The molecule has 1 heterocycles. The van der Waals surface area contributed by atoms with Crippen molar-refractivity contribution in [1.82, 2.24) is 4.90 Å². The van der Waals surface area contributed by atoms with E-state index in [1.54, 1.807) is 0 Å². The molecule has 86 valence electrons. The molecule has 1 unspecified atom stereocenters. The van der Waals surface area contributed by atoms with E-state index < -0.39 is 11.6 Å². The van der Waals surface area contributed by atoms with Crippen LogP contribution in [0.25, 0.3) is 0 Å². The van der Waals surface area contributed by atoms with E-state index in [9.17, 15) is 9.59 Å². The second-order valence-electron chi connectivity index (χ2n) is 5.18. The van der Waals surface area contributed by atoms with E-state index in [1.807, 2.05) is 20.8 Å². The third-order valence-corrected chi connectivity index (χ3v) is 3.40. The van der Waals surface area contributed by atoms with Crippen LogP contribution in [0.15, 0.2) is 0 Å². The van der Waals surface area contributed by atoms with Gasteiger partial charge in [-0.3, -0.25) is 4.90 Å². The number of carbonyl (C=O) groups excluding carboxylic acids is 1. The molecule has 1 saturated heterocycles. The monoisotopic (exact) mass is 213 g/mol. The summed E-state index contributed by atoms with van der Waals surface area (Å²) in [5.41, 5.74) is -1.20. The third kappa shape index (κ3) is 1.85. The topological polar surface area (TPSA) is 57.6 Å². The predicted molar refractivity (Wildman–Crippen MR) is 56.8 cm³/mol. The standard InChI is InChI=1S/C11H19NO3/c1-10(2,3)11(8-13)6-4-5-7-12(11)9(14)15/h8H,4-7H2,1-3H3,(H,14,15). The summed E-state index contributed by atoms with van der Waals surface area (Å²) in [7, 11) is 0. The quantitative estimate of drug-likeness (QED) is 0.679. The molecule has 0 aromatic carbocycles. The summed E-state index contributed by atoms with van der Waals surface area (Å²) in [5.74, 6) is 0.